The number of carbonyl (C=O) groups is 4. The molecule has 3 heterocycles. The van der Waals surface area contributed by atoms with Gasteiger partial charge in [-0.05, 0) is 37.7 Å². The number of benzene rings is 1. The molecule has 3 amide bonds. The second kappa shape index (κ2) is 14.8. The highest BCUT2D eigenvalue weighted by Gasteiger charge is 2.75. The molecule has 2 N–H and O–H groups in total. The number of likely N-dealkylation sites (tertiary alicyclic amines) is 1. The van der Waals surface area contributed by atoms with Gasteiger partial charge in [-0.15, -0.1) is 13.2 Å². The summed E-state index contributed by atoms with van der Waals surface area (Å²) in [6, 6.07) is 8.25. The topological polar surface area (TPSA) is 125 Å². The van der Waals surface area contributed by atoms with Crippen molar-refractivity contribution in [3.8, 4) is 0 Å². The molecule has 0 aliphatic carbocycles. The molecule has 0 unspecified atom stereocenters. The van der Waals surface area contributed by atoms with E-state index in [0.717, 1.165) is 12.8 Å². The van der Waals surface area contributed by atoms with Gasteiger partial charge in [0.1, 0.15) is 17.7 Å². The van der Waals surface area contributed by atoms with E-state index in [1.807, 2.05) is 37.3 Å². The van der Waals surface area contributed by atoms with E-state index < -0.39 is 41.7 Å². The minimum atomic E-state index is -1.15. The monoisotopic (exact) mass is 595 g/mol. The molecule has 2 bridgehead atoms. The van der Waals surface area contributed by atoms with Gasteiger partial charge in [0.2, 0.25) is 17.7 Å². The van der Waals surface area contributed by atoms with Crippen molar-refractivity contribution in [2.24, 2.45) is 11.8 Å². The van der Waals surface area contributed by atoms with E-state index in [1.54, 1.807) is 17.1 Å². The Balaban J connectivity index is 1.61. The van der Waals surface area contributed by atoms with Crippen LogP contribution in [0.3, 0.4) is 0 Å². The molecular weight excluding hydrogens is 550 g/mol. The Kier molecular flexibility index (Phi) is 11.2. The van der Waals surface area contributed by atoms with E-state index in [4.69, 9.17) is 9.47 Å². The van der Waals surface area contributed by atoms with Crippen LogP contribution in [-0.4, -0.2) is 89.1 Å². The quantitative estimate of drug-likeness (QED) is 0.210. The molecular formula is C33H45N3O7. The lowest BCUT2D eigenvalue weighted by Gasteiger charge is -2.36. The first-order valence-electron chi connectivity index (χ1n) is 15.4. The number of fused-ring (bicyclic) bond motifs is 1. The third-order valence-corrected chi connectivity index (χ3v) is 8.80. The van der Waals surface area contributed by atoms with Crippen LogP contribution in [0.2, 0.25) is 0 Å². The normalized spacial score (nSPS) is 26.1. The Morgan fingerprint density at radius 1 is 1.23 bits per heavy atom. The maximum absolute atomic E-state index is 14.1. The number of nitrogens with one attached hydrogen (secondary N) is 1. The van der Waals surface area contributed by atoms with Crippen molar-refractivity contribution in [3.05, 3.63) is 61.2 Å². The maximum Gasteiger partial charge on any atom is 0.313 e. The van der Waals surface area contributed by atoms with Crippen molar-refractivity contribution in [3.63, 3.8) is 0 Å². The number of amides is 3. The Morgan fingerprint density at radius 3 is 2.67 bits per heavy atom. The summed E-state index contributed by atoms with van der Waals surface area (Å²) < 4.78 is 12.6. The highest BCUT2D eigenvalue weighted by molar-refractivity contribution is 5.98. The molecule has 0 radical (unpaired) electrons. The first-order chi connectivity index (χ1) is 20.8. The highest BCUT2D eigenvalue weighted by atomic mass is 16.6. The molecule has 43 heavy (non-hydrogen) atoms. The summed E-state index contributed by atoms with van der Waals surface area (Å²) in [5, 5.41) is 12.4. The lowest BCUT2D eigenvalue weighted by Crippen LogP contribution is -2.56. The zero-order valence-corrected chi connectivity index (χ0v) is 25.1. The van der Waals surface area contributed by atoms with Crippen molar-refractivity contribution < 1.29 is 33.8 Å². The van der Waals surface area contributed by atoms with Gasteiger partial charge in [-0.2, -0.15) is 0 Å². The molecule has 6 atom stereocenters. The van der Waals surface area contributed by atoms with Gasteiger partial charge in [0, 0.05) is 32.7 Å². The lowest BCUT2D eigenvalue weighted by molar-refractivity contribution is -0.160. The van der Waals surface area contributed by atoms with Crippen LogP contribution in [0.4, 0.5) is 0 Å². The summed E-state index contributed by atoms with van der Waals surface area (Å²) in [5.74, 6) is -3.06. The number of ether oxygens (including phenoxy) is 2. The third kappa shape index (κ3) is 6.70. The number of aliphatic hydroxyl groups is 1. The van der Waals surface area contributed by atoms with Crippen LogP contribution in [0.25, 0.3) is 0 Å². The van der Waals surface area contributed by atoms with Crippen LogP contribution in [0, 0.1) is 11.8 Å². The van der Waals surface area contributed by atoms with E-state index in [0.29, 0.717) is 44.3 Å². The summed E-state index contributed by atoms with van der Waals surface area (Å²) >= 11 is 0. The highest BCUT2D eigenvalue weighted by Crippen LogP contribution is 2.59. The number of hydrogen-bond donors (Lipinski definition) is 2. The second-order valence-corrected chi connectivity index (χ2v) is 11.6. The number of rotatable bonds is 17. The van der Waals surface area contributed by atoms with Crippen molar-refractivity contribution >= 4 is 23.7 Å². The fourth-order valence-corrected chi connectivity index (χ4v) is 6.79. The Bertz CT molecular complexity index is 1170. The molecule has 3 aliphatic heterocycles. The second-order valence-electron chi connectivity index (χ2n) is 11.6. The molecule has 0 aromatic heterocycles. The Labute approximate surface area is 254 Å². The minimum Gasteiger partial charge on any atom is -0.455 e. The van der Waals surface area contributed by atoms with Crippen LogP contribution >= 0.6 is 0 Å². The molecule has 1 aromatic rings. The van der Waals surface area contributed by atoms with Gasteiger partial charge in [-0.3, -0.25) is 19.2 Å². The first-order valence-corrected chi connectivity index (χ1v) is 15.4. The summed E-state index contributed by atoms with van der Waals surface area (Å²) in [6.45, 7) is 10.5. The van der Waals surface area contributed by atoms with Crippen molar-refractivity contribution in [2.75, 3.05) is 32.8 Å². The Morgan fingerprint density at radius 2 is 2.00 bits per heavy atom. The van der Waals surface area contributed by atoms with E-state index in [2.05, 4.69) is 18.5 Å². The molecule has 10 nitrogen and oxygen atoms in total. The van der Waals surface area contributed by atoms with Crippen LogP contribution in [0.5, 0.6) is 0 Å². The number of esters is 1. The molecule has 1 spiro atoms. The van der Waals surface area contributed by atoms with Gasteiger partial charge in [0.15, 0.2) is 0 Å². The van der Waals surface area contributed by atoms with Crippen LogP contribution in [0.1, 0.15) is 63.5 Å². The molecule has 3 aliphatic rings. The summed E-state index contributed by atoms with van der Waals surface area (Å²) in [5.41, 5.74) is -0.435. The van der Waals surface area contributed by atoms with Crippen molar-refractivity contribution in [1.29, 1.82) is 0 Å². The fourth-order valence-electron chi connectivity index (χ4n) is 6.79. The molecule has 3 fully saturated rings. The molecule has 1 aromatic carbocycles. The van der Waals surface area contributed by atoms with E-state index in [1.165, 1.54) is 4.90 Å². The number of aliphatic hydroxyl groups excluding tert-OH is 1. The van der Waals surface area contributed by atoms with Gasteiger partial charge < -0.3 is 29.7 Å². The van der Waals surface area contributed by atoms with Gasteiger partial charge >= 0.3 is 5.97 Å². The molecule has 10 heteroatoms. The SMILES string of the molecule is C=CCCC(=O)NC[C@H](OC(=O)[C@@H]1[C@H]2C(=O)N(CCCO)[C@H](C(=O)N(CC=C)CCCC)[C@]23CC[C@H]1O3)c1ccccc1. The average Bonchev–Trinajstić information content (AvgIpc) is 3.66. The molecule has 234 valence electrons. The Hall–Kier alpha value is -3.50. The smallest absolute Gasteiger partial charge is 0.313 e. The molecule has 0 saturated carbocycles. The van der Waals surface area contributed by atoms with Gasteiger partial charge in [-0.1, -0.05) is 55.8 Å². The van der Waals surface area contributed by atoms with Crippen molar-refractivity contribution in [1.82, 2.24) is 15.1 Å². The summed E-state index contributed by atoms with van der Waals surface area (Å²) in [4.78, 5) is 57.7. The van der Waals surface area contributed by atoms with Crippen LogP contribution < -0.4 is 5.32 Å². The standard InChI is InChI=1S/C33H45N3O7/c1-4-7-15-26(38)34-22-25(23-13-10-9-11-14-23)42-32(41)27-24-16-17-33(43-24)28(27)30(39)36(20-12-21-37)29(33)31(40)35(18-6-3)19-8-5-2/h4,6,9-11,13-14,24-25,27-29,37H,1,3,5,7-8,12,15-22H2,2H3,(H,34,38)/t24-,25+,27+,28+,29-,33+/m1/s1. The number of carbonyl (C=O) groups excluding carboxylic acids is 4. The van der Waals surface area contributed by atoms with E-state index >= 15 is 0 Å². The third-order valence-electron chi connectivity index (χ3n) is 8.80. The molecule has 4 rings (SSSR count). The largest absolute Gasteiger partial charge is 0.455 e. The van der Waals surface area contributed by atoms with Crippen molar-refractivity contribution in [2.45, 2.75) is 75.7 Å². The number of hydrogen-bond acceptors (Lipinski definition) is 7. The van der Waals surface area contributed by atoms with Crippen LogP contribution in [-0.2, 0) is 28.7 Å². The number of allylic oxidation sites excluding steroid dienone is 1. The number of nitrogens with zero attached hydrogens (tertiary/aromatic N) is 2. The number of unbranched alkanes of at least 4 members (excludes halogenated alkanes) is 1. The predicted octanol–water partition coefficient (Wildman–Crippen LogP) is 2.93. The van der Waals surface area contributed by atoms with E-state index in [9.17, 15) is 24.3 Å². The van der Waals surface area contributed by atoms with Gasteiger partial charge in [0.25, 0.3) is 0 Å². The average molecular weight is 596 g/mol. The lowest BCUT2D eigenvalue weighted by atomic mass is 9.70. The summed E-state index contributed by atoms with van der Waals surface area (Å²) in [7, 11) is 0. The van der Waals surface area contributed by atoms with Gasteiger partial charge in [0.05, 0.1) is 24.5 Å². The maximum atomic E-state index is 14.1. The van der Waals surface area contributed by atoms with Crippen LogP contribution in [0.15, 0.2) is 55.6 Å². The van der Waals surface area contributed by atoms with Gasteiger partial charge in [-0.25, -0.2) is 0 Å². The fraction of sp³-hybridized carbons (Fsp3) is 0.576. The van der Waals surface area contributed by atoms with E-state index in [-0.39, 0.29) is 43.8 Å². The predicted molar refractivity (Wildman–Crippen MR) is 160 cm³/mol. The zero-order valence-electron chi connectivity index (χ0n) is 25.1. The summed E-state index contributed by atoms with van der Waals surface area (Å²) in [6.07, 6.45) is 5.81. The zero-order chi connectivity index (χ0) is 31.0. The minimum absolute atomic E-state index is 0.0748. The first kappa shape index (κ1) is 32.4. The molecule has 3 saturated heterocycles.